The van der Waals surface area contributed by atoms with Gasteiger partial charge < -0.3 is 4.57 Å². The van der Waals surface area contributed by atoms with E-state index in [1.54, 1.807) is 12.3 Å². The molecule has 2 atom stereocenters. The molecule has 104 valence electrons. The predicted octanol–water partition coefficient (Wildman–Crippen LogP) is 3.62. The Bertz CT molecular complexity index is 644. The number of hydrogen-bond acceptors (Lipinski definition) is 2. The van der Waals surface area contributed by atoms with Crippen LogP contribution in [0.25, 0.3) is 11.0 Å². The van der Waals surface area contributed by atoms with Gasteiger partial charge in [0.2, 0.25) is 0 Å². The minimum absolute atomic E-state index is 0.292. The summed E-state index contributed by atoms with van der Waals surface area (Å²) in [4.78, 5) is 4.43. The van der Waals surface area contributed by atoms with Crippen molar-refractivity contribution in [2.45, 2.75) is 18.8 Å². The van der Waals surface area contributed by atoms with E-state index in [1.165, 1.54) is 6.07 Å². The SMILES string of the molecule is CC(Cl)c1nc2cc(Br)c(F)cc2n1CCS(C)=O. The van der Waals surface area contributed by atoms with Crippen LogP contribution in [0.2, 0.25) is 0 Å². The number of fused-ring (bicyclic) bond motifs is 1. The summed E-state index contributed by atoms with van der Waals surface area (Å²) in [5, 5.41) is -0.292. The summed E-state index contributed by atoms with van der Waals surface area (Å²) in [6.45, 7) is 2.32. The lowest BCUT2D eigenvalue weighted by atomic mass is 10.3. The van der Waals surface area contributed by atoms with Crippen LogP contribution in [0.15, 0.2) is 16.6 Å². The van der Waals surface area contributed by atoms with Crippen LogP contribution in [0.1, 0.15) is 18.1 Å². The van der Waals surface area contributed by atoms with E-state index in [1.807, 2.05) is 11.5 Å². The van der Waals surface area contributed by atoms with Gasteiger partial charge in [0.25, 0.3) is 0 Å². The molecule has 0 aliphatic rings. The van der Waals surface area contributed by atoms with Gasteiger partial charge in [0.05, 0.1) is 20.9 Å². The van der Waals surface area contributed by atoms with Crippen molar-refractivity contribution in [2.75, 3.05) is 12.0 Å². The van der Waals surface area contributed by atoms with Gasteiger partial charge in [-0.15, -0.1) is 11.6 Å². The van der Waals surface area contributed by atoms with Crippen LogP contribution in [0.3, 0.4) is 0 Å². The van der Waals surface area contributed by atoms with Gasteiger partial charge in [0.15, 0.2) is 0 Å². The molecule has 19 heavy (non-hydrogen) atoms. The van der Waals surface area contributed by atoms with Crippen molar-refractivity contribution in [2.24, 2.45) is 0 Å². The van der Waals surface area contributed by atoms with Crippen molar-refractivity contribution < 1.29 is 8.60 Å². The van der Waals surface area contributed by atoms with E-state index in [9.17, 15) is 8.60 Å². The maximum atomic E-state index is 13.7. The minimum Gasteiger partial charge on any atom is -0.326 e. The first kappa shape index (κ1) is 14.9. The number of hydrogen-bond donors (Lipinski definition) is 0. The van der Waals surface area contributed by atoms with E-state index in [0.717, 1.165) is 0 Å². The van der Waals surface area contributed by atoms with Gasteiger partial charge in [-0.2, -0.15) is 0 Å². The van der Waals surface area contributed by atoms with Crippen molar-refractivity contribution in [3.63, 3.8) is 0 Å². The second-order valence-corrected chi connectivity index (χ2v) is 7.33. The monoisotopic (exact) mass is 366 g/mol. The Kier molecular flexibility index (Phi) is 4.63. The zero-order valence-electron chi connectivity index (χ0n) is 10.5. The molecule has 0 fully saturated rings. The quantitative estimate of drug-likeness (QED) is 0.774. The maximum Gasteiger partial charge on any atom is 0.139 e. The van der Waals surface area contributed by atoms with E-state index < -0.39 is 10.8 Å². The molecule has 0 saturated carbocycles. The average molecular weight is 368 g/mol. The molecule has 0 radical (unpaired) electrons. The Hall–Kier alpha value is -0.460. The Morgan fingerprint density at radius 3 is 2.84 bits per heavy atom. The normalized spacial score (nSPS) is 14.8. The van der Waals surface area contributed by atoms with Crippen molar-refractivity contribution in [1.82, 2.24) is 9.55 Å². The van der Waals surface area contributed by atoms with Crippen LogP contribution in [0.5, 0.6) is 0 Å². The lowest BCUT2D eigenvalue weighted by molar-refractivity contribution is 0.621. The van der Waals surface area contributed by atoms with Gasteiger partial charge in [-0.05, 0) is 28.9 Å². The number of imidazole rings is 1. The van der Waals surface area contributed by atoms with Crippen LogP contribution in [0.4, 0.5) is 4.39 Å². The molecule has 0 aliphatic carbocycles. The summed E-state index contributed by atoms with van der Waals surface area (Å²) in [7, 11) is -0.919. The van der Waals surface area contributed by atoms with Crippen molar-refractivity contribution in [3.05, 3.63) is 28.2 Å². The van der Waals surface area contributed by atoms with Gasteiger partial charge in [-0.1, -0.05) is 0 Å². The number of halogens is 3. The number of benzene rings is 1. The van der Waals surface area contributed by atoms with Crippen molar-refractivity contribution >= 4 is 49.4 Å². The Morgan fingerprint density at radius 2 is 2.26 bits per heavy atom. The smallest absolute Gasteiger partial charge is 0.139 e. The van der Waals surface area contributed by atoms with Crippen molar-refractivity contribution in [3.8, 4) is 0 Å². The topological polar surface area (TPSA) is 34.9 Å². The molecule has 1 aromatic carbocycles. The summed E-state index contributed by atoms with van der Waals surface area (Å²) >= 11 is 9.25. The van der Waals surface area contributed by atoms with Crippen LogP contribution in [0, 0.1) is 5.82 Å². The molecule has 0 spiro atoms. The first-order chi connectivity index (χ1) is 8.90. The highest BCUT2D eigenvalue weighted by molar-refractivity contribution is 9.10. The van der Waals surface area contributed by atoms with Gasteiger partial charge >= 0.3 is 0 Å². The fraction of sp³-hybridized carbons (Fsp3) is 0.417. The molecule has 2 unspecified atom stereocenters. The van der Waals surface area contributed by atoms with Crippen LogP contribution in [-0.4, -0.2) is 25.8 Å². The molecule has 7 heteroatoms. The molecular weight excluding hydrogens is 355 g/mol. The van der Waals surface area contributed by atoms with E-state index >= 15 is 0 Å². The molecule has 1 heterocycles. The van der Waals surface area contributed by atoms with Crippen LogP contribution in [-0.2, 0) is 17.3 Å². The standard InChI is InChI=1S/C12H13BrClFN2OS/c1-7(14)12-16-10-5-8(13)9(15)6-11(10)17(12)3-4-19(2)18/h5-7H,3-4H2,1-2H3. The zero-order chi connectivity index (χ0) is 14.2. The fourth-order valence-electron chi connectivity index (χ4n) is 1.90. The van der Waals surface area contributed by atoms with Crippen molar-refractivity contribution in [1.29, 1.82) is 0 Å². The van der Waals surface area contributed by atoms with E-state index in [-0.39, 0.29) is 11.2 Å². The average Bonchev–Trinajstić information content (AvgIpc) is 2.65. The lowest BCUT2D eigenvalue weighted by Crippen LogP contribution is -2.10. The van der Waals surface area contributed by atoms with Gasteiger partial charge in [-0.25, -0.2) is 9.37 Å². The molecular formula is C12H13BrClFN2OS. The first-order valence-electron chi connectivity index (χ1n) is 5.69. The first-order valence-corrected chi connectivity index (χ1v) is 8.65. The highest BCUT2D eigenvalue weighted by Gasteiger charge is 2.16. The third-order valence-electron chi connectivity index (χ3n) is 2.78. The second-order valence-electron chi connectivity index (χ2n) is 4.27. The van der Waals surface area contributed by atoms with Crippen LogP contribution < -0.4 is 0 Å². The number of aromatic nitrogens is 2. The summed E-state index contributed by atoms with van der Waals surface area (Å²) in [6, 6.07) is 3.06. The molecule has 2 aromatic rings. The molecule has 0 saturated heterocycles. The Labute approximate surface area is 126 Å². The zero-order valence-corrected chi connectivity index (χ0v) is 13.6. The third-order valence-corrected chi connectivity index (χ3v) is 4.34. The number of rotatable bonds is 4. The molecule has 0 aliphatic heterocycles. The minimum atomic E-state index is -0.919. The van der Waals surface area contributed by atoms with Crippen LogP contribution >= 0.6 is 27.5 Å². The molecule has 1 aromatic heterocycles. The highest BCUT2D eigenvalue weighted by Crippen LogP contribution is 2.28. The summed E-state index contributed by atoms with van der Waals surface area (Å²) in [5.74, 6) is 0.805. The fourth-order valence-corrected chi connectivity index (χ4v) is 2.83. The largest absolute Gasteiger partial charge is 0.326 e. The molecule has 3 nitrogen and oxygen atoms in total. The third kappa shape index (κ3) is 3.17. The Morgan fingerprint density at radius 1 is 1.58 bits per heavy atom. The molecule has 2 rings (SSSR count). The summed E-state index contributed by atoms with van der Waals surface area (Å²) in [6.07, 6.45) is 1.64. The second kappa shape index (κ2) is 5.89. The summed E-state index contributed by atoms with van der Waals surface area (Å²) < 4.78 is 27.1. The Balaban J connectivity index is 2.58. The number of aryl methyl sites for hydroxylation is 1. The van der Waals surface area contributed by atoms with Gasteiger partial charge in [0.1, 0.15) is 11.6 Å². The summed E-state index contributed by atoms with van der Waals surface area (Å²) in [5.41, 5.74) is 1.35. The van der Waals surface area contributed by atoms with E-state index in [4.69, 9.17) is 11.6 Å². The van der Waals surface area contributed by atoms with E-state index in [0.29, 0.717) is 33.6 Å². The van der Waals surface area contributed by atoms with Gasteiger partial charge in [0, 0.05) is 35.4 Å². The van der Waals surface area contributed by atoms with Gasteiger partial charge in [-0.3, -0.25) is 4.21 Å². The molecule has 0 amide bonds. The maximum absolute atomic E-state index is 13.7. The predicted molar refractivity (Wildman–Crippen MR) is 80.6 cm³/mol. The van der Waals surface area contributed by atoms with E-state index in [2.05, 4.69) is 20.9 Å². The lowest BCUT2D eigenvalue weighted by Gasteiger charge is -2.09. The number of alkyl halides is 1. The molecule has 0 N–H and O–H groups in total. The molecule has 0 bridgehead atoms. The highest BCUT2D eigenvalue weighted by atomic mass is 79.9. The number of nitrogens with zero attached hydrogens (tertiary/aromatic N) is 2.